The van der Waals surface area contributed by atoms with E-state index < -0.39 is 58.7 Å². The average Bonchev–Trinajstić information content (AvgIpc) is 2.96. The smallest absolute Gasteiger partial charge is 0.408 e. The van der Waals surface area contributed by atoms with Gasteiger partial charge in [0.1, 0.15) is 29.3 Å². The lowest BCUT2D eigenvalue weighted by Crippen LogP contribution is -2.61. The van der Waals surface area contributed by atoms with Crippen LogP contribution in [0.25, 0.3) is 0 Å². The standard InChI is InChI=1S/C37H55N3O6/c1-12-25(3)29(39-34(44)46-36(7,8)9)32(42)40(37(10,11)13-2)30(27-22-18-15-19-23-27)31(41)38-28(33(43)45-35(4,5)6)24-26-20-16-14-17-21-26/h14-23,25,28-30H,12-13,24H2,1-11H3,(H,38,41)(H,39,44). The first-order valence-electron chi connectivity index (χ1n) is 16.2. The van der Waals surface area contributed by atoms with E-state index in [1.54, 1.807) is 70.7 Å². The van der Waals surface area contributed by atoms with Crippen molar-refractivity contribution in [2.24, 2.45) is 5.92 Å². The molecule has 2 N–H and O–H groups in total. The van der Waals surface area contributed by atoms with Gasteiger partial charge in [0.2, 0.25) is 11.8 Å². The largest absolute Gasteiger partial charge is 0.458 e. The number of nitrogens with zero attached hydrogens (tertiary/aromatic N) is 1. The summed E-state index contributed by atoms with van der Waals surface area (Å²) in [4.78, 5) is 57.4. The fourth-order valence-electron chi connectivity index (χ4n) is 4.93. The summed E-state index contributed by atoms with van der Waals surface area (Å²) in [5, 5.41) is 5.76. The monoisotopic (exact) mass is 637 g/mol. The summed E-state index contributed by atoms with van der Waals surface area (Å²) in [7, 11) is 0. The second-order valence-electron chi connectivity index (χ2n) is 14.5. The van der Waals surface area contributed by atoms with Crippen molar-refractivity contribution in [1.82, 2.24) is 15.5 Å². The zero-order chi connectivity index (χ0) is 34.9. The zero-order valence-corrected chi connectivity index (χ0v) is 29.6. The molecule has 0 aliphatic rings. The van der Waals surface area contributed by atoms with E-state index in [9.17, 15) is 19.2 Å². The minimum atomic E-state index is -1.13. The minimum absolute atomic E-state index is 0.198. The van der Waals surface area contributed by atoms with Gasteiger partial charge >= 0.3 is 12.1 Å². The third kappa shape index (κ3) is 11.5. The second kappa shape index (κ2) is 16.1. The molecule has 4 atom stereocenters. The lowest BCUT2D eigenvalue weighted by Gasteiger charge is -2.45. The van der Waals surface area contributed by atoms with Crippen molar-refractivity contribution in [3.63, 3.8) is 0 Å². The van der Waals surface area contributed by atoms with Crippen molar-refractivity contribution in [3.8, 4) is 0 Å². The normalized spacial score (nSPS) is 14.7. The Morgan fingerprint density at radius 2 is 1.28 bits per heavy atom. The first kappa shape index (κ1) is 38.3. The van der Waals surface area contributed by atoms with Crippen molar-refractivity contribution in [2.45, 2.75) is 130 Å². The molecule has 9 heteroatoms. The Bertz CT molecular complexity index is 1300. The molecule has 0 saturated heterocycles. The zero-order valence-electron chi connectivity index (χ0n) is 29.6. The Kier molecular flexibility index (Phi) is 13.4. The molecule has 46 heavy (non-hydrogen) atoms. The van der Waals surface area contributed by atoms with E-state index in [0.29, 0.717) is 18.4 Å². The molecule has 2 aromatic carbocycles. The maximum Gasteiger partial charge on any atom is 0.408 e. The number of ether oxygens (including phenoxy) is 2. The van der Waals surface area contributed by atoms with Crippen LogP contribution in [0.3, 0.4) is 0 Å². The number of hydrogen-bond acceptors (Lipinski definition) is 6. The fourth-order valence-corrected chi connectivity index (χ4v) is 4.93. The maximum atomic E-state index is 14.8. The van der Waals surface area contributed by atoms with Crippen LogP contribution in [-0.2, 0) is 30.3 Å². The van der Waals surface area contributed by atoms with Crippen molar-refractivity contribution < 1.29 is 28.7 Å². The van der Waals surface area contributed by atoms with Crippen molar-refractivity contribution >= 4 is 23.9 Å². The van der Waals surface area contributed by atoms with E-state index in [1.165, 1.54) is 0 Å². The van der Waals surface area contributed by atoms with Gasteiger partial charge in [0.25, 0.3) is 0 Å². The molecule has 2 rings (SSSR count). The topological polar surface area (TPSA) is 114 Å². The molecule has 0 radical (unpaired) electrons. The van der Waals surface area contributed by atoms with Crippen LogP contribution in [0, 0.1) is 5.92 Å². The average molecular weight is 638 g/mol. The lowest BCUT2D eigenvalue weighted by atomic mass is 9.89. The molecule has 2 aromatic rings. The number of nitrogens with one attached hydrogen (secondary N) is 2. The van der Waals surface area contributed by atoms with Gasteiger partial charge in [0.15, 0.2) is 0 Å². The SMILES string of the molecule is CCC(C)C(NC(=O)OC(C)(C)C)C(=O)N(C(C(=O)NC(Cc1ccccc1)C(=O)OC(C)(C)C)c1ccccc1)C(C)(C)CC. The molecule has 3 amide bonds. The number of carbonyl (C=O) groups is 4. The Morgan fingerprint density at radius 3 is 1.76 bits per heavy atom. The summed E-state index contributed by atoms with van der Waals surface area (Å²) in [6.07, 6.45) is 0.583. The Hall–Kier alpha value is -3.88. The van der Waals surface area contributed by atoms with Crippen LogP contribution < -0.4 is 10.6 Å². The highest BCUT2D eigenvalue weighted by Crippen LogP contribution is 2.33. The molecule has 0 spiro atoms. The van der Waals surface area contributed by atoms with Crippen molar-refractivity contribution in [3.05, 3.63) is 71.8 Å². The summed E-state index contributed by atoms with van der Waals surface area (Å²) in [5.41, 5.74) is -0.972. The molecule has 0 saturated carbocycles. The van der Waals surface area contributed by atoms with E-state index in [4.69, 9.17) is 9.47 Å². The van der Waals surface area contributed by atoms with Gasteiger partial charge in [-0.2, -0.15) is 0 Å². The molecular weight excluding hydrogens is 582 g/mol. The number of esters is 1. The van der Waals surface area contributed by atoms with E-state index in [0.717, 1.165) is 5.56 Å². The first-order valence-corrected chi connectivity index (χ1v) is 16.2. The number of carbonyl (C=O) groups excluding carboxylic acids is 4. The van der Waals surface area contributed by atoms with Gasteiger partial charge in [0.05, 0.1) is 0 Å². The van der Waals surface area contributed by atoms with Crippen LogP contribution >= 0.6 is 0 Å². The lowest BCUT2D eigenvalue weighted by molar-refractivity contribution is -0.159. The van der Waals surface area contributed by atoms with Gasteiger partial charge < -0.3 is 25.0 Å². The molecule has 0 heterocycles. The molecule has 0 aliphatic carbocycles. The molecule has 0 aliphatic heterocycles. The number of rotatable bonds is 13. The highest BCUT2D eigenvalue weighted by molar-refractivity contribution is 5.94. The van der Waals surface area contributed by atoms with Gasteiger partial charge in [-0.05, 0) is 78.9 Å². The summed E-state index contributed by atoms with van der Waals surface area (Å²) >= 11 is 0. The molecule has 0 aromatic heterocycles. The molecule has 0 fully saturated rings. The van der Waals surface area contributed by atoms with Gasteiger partial charge in [-0.25, -0.2) is 9.59 Å². The van der Waals surface area contributed by atoms with Crippen LogP contribution in [0.15, 0.2) is 60.7 Å². The summed E-state index contributed by atoms with van der Waals surface area (Å²) in [6.45, 7) is 20.1. The van der Waals surface area contributed by atoms with Crippen LogP contribution in [0.1, 0.15) is 106 Å². The summed E-state index contributed by atoms with van der Waals surface area (Å²) in [6, 6.07) is 15.3. The first-order chi connectivity index (χ1) is 21.3. The van der Waals surface area contributed by atoms with Crippen LogP contribution in [0.4, 0.5) is 4.79 Å². The molecule has 9 nitrogen and oxygen atoms in total. The molecular formula is C37H55N3O6. The van der Waals surface area contributed by atoms with Crippen molar-refractivity contribution in [1.29, 1.82) is 0 Å². The van der Waals surface area contributed by atoms with Gasteiger partial charge in [-0.1, -0.05) is 87.9 Å². The van der Waals surface area contributed by atoms with E-state index in [1.807, 2.05) is 71.0 Å². The maximum absolute atomic E-state index is 14.8. The van der Waals surface area contributed by atoms with E-state index >= 15 is 0 Å². The molecule has 4 unspecified atom stereocenters. The van der Waals surface area contributed by atoms with Crippen LogP contribution in [0.2, 0.25) is 0 Å². The second-order valence-corrected chi connectivity index (χ2v) is 14.5. The number of benzene rings is 2. The predicted molar refractivity (Wildman–Crippen MR) is 181 cm³/mol. The van der Waals surface area contributed by atoms with Crippen molar-refractivity contribution in [2.75, 3.05) is 0 Å². The third-order valence-electron chi connectivity index (χ3n) is 7.82. The third-order valence-corrected chi connectivity index (χ3v) is 7.82. The number of hydrogen-bond donors (Lipinski definition) is 2. The molecule has 0 bridgehead atoms. The number of amides is 3. The highest BCUT2D eigenvalue weighted by atomic mass is 16.6. The van der Waals surface area contributed by atoms with Gasteiger partial charge in [-0.15, -0.1) is 0 Å². The van der Waals surface area contributed by atoms with E-state index in [2.05, 4.69) is 10.6 Å². The quantitative estimate of drug-likeness (QED) is 0.235. The Balaban J connectivity index is 2.67. The summed E-state index contributed by atoms with van der Waals surface area (Å²) in [5.74, 6) is -1.81. The fraction of sp³-hybridized carbons (Fsp3) is 0.568. The summed E-state index contributed by atoms with van der Waals surface area (Å²) < 4.78 is 11.2. The minimum Gasteiger partial charge on any atom is -0.458 e. The highest BCUT2D eigenvalue weighted by Gasteiger charge is 2.45. The predicted octanol–water partition coefficient (Wildman–Crippen LogP) is 6.75. The van der Waals surface area contributed by atoms with Crippen LogP contribution in [-0.4, -0.2) is 57.6 Å². The Labute approximate surface area is 275 Å². The number of alkyl carbamates (subject to hydrolysis) is 1. The van der Waals surface area contributed by atoms with E-state index in [-0.39, 0.29) is 12.3 Å². The van der Waals surface area contributed by atoms with Crippen LogP contribution in [0.5, 0.6) is 0 Å². The molecule has 254 valence electrons. The van der Waals surface area contributed by atoms with Gasteiger partial charge in [-0.3, -0.25) is 9.59 Å². The Morgan fingerprint density at radius 1 is 0.761 bits per heavy atom. The van der Waals surface area contributed by atoms with Gasteiger partial charge in [0, 0.05) is 12.0 Å².